The number of amides is 2. The summed E-state index contributed by atoms with van der Waals surface area (Å²) in [5, 5.41) is 5.23. The van der Waals surface area contributed by atoms with E-state index in [1.807, 2.05) is 6.07 Å². The second-order valence-corrected chi connectivity index (χ2v) is 11.3. The first-order chi connectivity index (χ1) is 19.2. The number of urea groups is 1. The van der Waals surface area contributed by atoms with Gasteiger partial charge >= 0.3 is 12.2 Å². The monoisotopic (exact) mass is 563 g/mol. The molecule has 1 aliphatic heterocycles. The Morgan fingerprint density at radius 2 is 1.75 bits per heavy atom. The molecule has 2 aliphatic carbocycles. The van der Waals surface area contributed by atoms with Crippen LogP contribution in [-0.2, 0) is 11.6 Å². The van der Waals surface area contributed by atoms with Crippen molar-refractivity contribution < 1.29 is 31.8 Å². The number of carbonyl (C=O) groups is 1. The predicted octanol–water partition coefficient (Wildman–Crippen LogP) is 6.88. The highest BCUT2D eigenvalue weighted by Gasteiger charge is 2.53. The predicted molar refractivity (Wildman–Crippen MR) is 144 cm³/mol. The van der Waals surface area contributed by atoms with E-state index >= 15 is 0 Å². The minimum atomic E-state index is -4.85. The van der Waals surface area contributed by atoms with Gasteiger partial charge in [-0.25, -0.2) is 9.18 Å². The second-order valence-electron chi connectivity index (χ2n) is 11.3. The van der Waals surface area contributed by atoms with Gasteiger partial charge in [0.25, 0.3) is 0 Å². The fourth-order valence-corrected chi connectivity index (χ4v) is 7.24. The van der Waals surface area contributed by atoms with Crippen molar-refractivity contribution >= 4 is 11.7 Å². The van der Waals surface area contributed by atoms with Crippen LogP contribution < -0.4 is 20.1 Å². The molecule has 6 nitrogen and oxygen atoms in total. The lowest BCUT2D eigenvalue weighted by molar-refractivity contribution is -0.139. The summed E-state index contributed by atoms with van der Waals surface area (Å²) >= 11 is 0. The summed E-state index contributed by atoms with van der Waals surface area (Å²) in [4.78, 5) is 15.5. The Balaban J connectivity index is 1.36. The summed E-state index contributed by atoms with van der Waals surface area (Å²) in [6.07, 6.45) is 4.38. The highest BCUT2D eigenvalue weighted by atomic mass is 19.4. The van der Waals surface area contributed by atoms with Crippen molar-refractivity contribution in [2.75, 3.05) is 26.1 Å². The largest absolute Gasteiger partial charge is 0.493 e. The molecule has 0 spiro atoms. The van der Waals surface area contributed by atoms with Gasteiger partial charge in [-0.1, -0.05) is 31.4 Å². The number of methoxy groups -OCH3 is 2. The first-order valence-corrected chi connectivity index (χ1v) is 14.1. The minimum absolute atomic E-state index is 0.112. The maximum Gasteiger partial charge on any atom is 0.419 e. The summed E-state index contributed by atoms with van der Waals surface area (Å²) < 4.78 is 65.0. The summed E-state index contributed by atoms with van der Waals surface area (Å²) in [6, 6.07) is 8.79. The number of likely N-dealkylation sites (tertiary alicyclic amines) is 1. The van der Waals surface area contributed by atoms with E-state index in [2.05, 4.69) is 27.7 Å². The van der Waals surface area contributed by atoms with Crippen LogP contribution in [0.15, 0.2) is 36.4 Å². The first kappa shape index (κ1) is 28.5. The van der Waals surface area contributed by atoms with E-state index in [4.69, 9.17) is 9.47 Å². The van der Waals surface area contributed by atoms with Crippen molar-refractivity contribution in [2.24, 2.45) is 0 Å². The molecule has 0 aromatic heterocycles. The molecule has 0 radical (unpaired) electrons. The lowest BCUT2D eigenvalue weighted by Crippen LogP contribution is -2.55. The van der Waals surface area contributed by atoms with Gasteiger partial charge in [-0.15, -0.1) is 0 Å². The molecule has 2 N–H and O–H groups in total. The summed E-state index contributed by atoms with van der Waals surface area (Å²) in [6.45, 7) is 0.970. The third-order valence-corrected chi connectivity index (χ3v) is 9.19. The van der Waals surface area contributed by atoms with Crippen LogP contribution in [0.4, 0.5) is 28.0 Å². The van der Waals surface area contributed by atoms with Crippen LogP contribution in [0, 0.1) is 5.82 Å². The Hall–Kier alpha value is -3.01. The van der Waals surface area contributed by atoms with Gasteiger partial charge in [0.15, 0.2) is 17.3 Å². The molecule has 218 valence electrons. The van der Waals surface area contributed by atoms with Crippen LogP contribution >= 0.6 is 0 Å². The number of carbonyl (C=O) groups excluding carboxylic acids is 1. The average Bonchev–Trinajstić information content (AvgIpc) is 3.33. The Morgan fingerprint density at radius 3 is 2.45 bits per heavy atom. The minimum Gasteiger partial charge on any atom is -0.493 e. The molecule has 10 heteroatoms. The Kier molecular flexibility index (Phi) is 8.17. The van der Waals surface area contributed by atoms with E-state index in [0.29, 0.717) is 36.4 Å². The van der Waals surface area contributed by atoms with E-state index in [1.165, 1.54) is 24.8 Å². The molecule has 3 atom stereocenters. The van der Waals surface area contributed by atoms with Gasteiger partial charge in [-0.2, -0.15) is 13.2 Å². The standard InChI is InChI=1S/C30H37F4N3O3/c1-39-24-12-11-19(17-25(24)40-2)29-14-13-20(18-26(29)37(16-15-29)21-7-4-3-5-8-21)35-28(38)36-23-10-6-9-22(27(23)31)30(32,33)34/h6,9-12,17,20-21,26H,3-5,7-8,13-16,18H2,1-2H3,(H2,35,36,38)/t20-,26+,29-/m0/s1. The van der Waals surface area contributed by atoms with Crippen LogP contribution in [0.1, 0.15) is 68.9 Å². The molecule has 0 bridgehead atoms. The summed E-state index contributed by atoms with van der Waals surface area (Å²) in [7, 11) is 3.25. The highest BCUT2D eigenvalue weighted by molar-refractivity contribution is 5.89. The quantitative estimate of drug-likeness (QED) is 0.376. The van der Waals surface area contributed by atoms with E-state index in [-0.39, 0.29) is 17.5 Å². The molecule has 3 aliphatic rings. The zero-order chi connectivity index (χ0) is 28.5. The zero-order valence-corrected chi connectivity index (χ0v) is 23.0. The molecule has 1 saturated heterocycles. The van der Waals surface area contributed by atoms with Crippen molar-refractivity contribution in [1.29, 1.82) is 0 Å². The number of benzene rings is 2. The number of ether oxygens (including phenoxy) is 2. The summed E-state index contributed by atoms with van der Waals surface area (Å²) in [5.74, 6) is -0.123. The van der Waals surface area contributed by atoms with E-state index in [0.717, 1.165) is 44.4 Å². The molecule has 3 fully saturated rings. The number of anilines is 1. The molecule has 0 unspecified atom stereocenters. The molecule has 40 heavy (non-hydrogen) atoms. The lowest BCUT2D eigenvalue weighted by Gasteiger charge is -2.47. The molecule has 2 saturated carbocycles. The number of alkyl halides is 3. The Labute approximate surface area is 232 Å². The van der Waals surface area contributed by atoms with Gasteiger partial charge in [0.05, 0.1) is 25.5 Å². The summed E-state index contributed by atoms with van der Waals surface area (Å²) in [5.41, 5.74) is -0.814. The normalized spacial score (nSPS) is 25.8. The molecule has 2 amide bonds. The number of nitrogens with zero attached hydrogens (tertiary/aromatic N) is 1. The van der Waals surface area contributed by atoms with E-state index in [9.17, 15) is 22.4 Å². The SMILES string of the molecule is COc1ccc([C@@]23CC[C@H](NC(=O)Nc4cccc(C(F)(F)F)c4F)C[C@H]2N(C2CCCCC2)CC3)cc1OC. The van der Waals surface area contributed by atoms with Crippen LogP contribution in [0.25, 0.3) is 0 Å². The van der Waals surface area contributed by atoms with Gasteiger partial charge in [0.2, 0.25) is 0 Å². The topological polar surface area (TPSA) is 62.8 Å². The highest BCUT2D eigenvalue weighted by Crippen LogP contribution is 2.52. The third kappa shape index (κ3) is 5.47. The van der Waals surface area contributed by atoms with Crippen LogP contribution in [0.2, 0.25) is 0 Å². The van der Waals surface area contributed by atoms with Gasteiger partial charge in [-0.3, -0.25) is 4.90 Å². The first-order valence-electron chi connectivity index (χ1n) is 14.1. The number of hydrogen-bond donors (Lipinski definition) is 2. The van der Waals surface area contributed by atoms with Crippen molar-refractivity contribution in [1.82, 2.24) is 10.2 Å². The van der Waals surface area contributed by atoms with Gasteiger partial charge in [0, 0.05) is 23.5 Å². The van der Waals surface area contributed by atoms with E-state index in [1.54, 1.807) is 14.2 Å². The lowest BCUT2D eigenvalue weighted by atomic mass is 9.64. The van der Waals surface area contributed by atoms with Gasteiger partial charge in [-0.05, 0) is 74.9 Å². The molecule has 1 heterocycles. The van der Waals surface area contributed by atoms with Crippen molar-refractivity contribution in [2.45, 2.75) is 87.5 Å². The smallest absolute Gasteiger partial charge is 0.419 e. The van der Waals surface area contributed by atoms with Gasteiger partial charge in [0.1, 0.15) is 0 Å². The maximum atomic E-state index is 14.5. The van der Waals surface area contributed by atoms with Crippen molar-refractivity contribution in [3.63, 3.8) is 0 Å². The third-order valence-electron chi connectivity index (χ3n) is 9.19. The zero-order valence-electron chi connectivity index (χ0n) is 23.0. The number of halogens is 4. The molecule has 5 rings (SSSR count). The van der Waals surface area contributed by atoms with Crippen molar-refractivity contribution in [3.05, 3.63) is 53.3 Å². The molecular formula is C30H37F4N3O3. The average molecular weight is 564 g/mol. The number of hydrogen-bond acceptors (Lipinski definition) is 4. The van der Waals surface area contributed by atoms with Gasteiger partial charge < -0.3 is 20.1 Å². The van der Waals surface area contributed by atoms with Crippen LogP contribution in [-0.4, -0.2) is 49.8 Å². The number of rotatable bonds is 6. The Bertz CT molecular complexity index is 1220. The van der Waals surface area contributed by atoms with Crippen LogP contribution in [0.5, 0.6) is 11.5 Å². The fraction of sp³-hybridized carbons (Fsp3) is 0.567. The maximum absolute atomic E-state index is 14.5. The number of nitrogens with one attached hydrogen (secondary N) is 2. The Morgan fingerprint density at radius 1 is 1.00 bits per heavy atom. The number of fused-ring (bicyclic) bond motifs is 1. The van der Waals surface area contributed by atoms with Crippen molar-refractivity contribution in [3.8, 4) is 11.5 Å². The van der Waals surface area contributed by atoms with Crippen LogP contribution in [0.3, 0.4) is 0 Å². The molecule has 2 aromatic carbocycles. The molecule has 2 aromatic rings. The molecular weight excluding hydrogens is 526 g/mol. The second kappa shape index (κ2) is 11.5. The van der Waals surface area contributed by atoms with E-state index < -0.39 is 29.3 Å². The fourth-order valence-electron chi connectivity index (χ4n) is 7.24.